The van der Waals surface area contributed by atoms with Crippen LogP contribution in [0, 0.1) is 23.7 Å². The second-order valence-corrected chi connectivity index (χ2v) is 7.51. The molecular formula is C18H23ClN2O3. The van der Waals surface area contributed by atoms with Gasteiger partial charge in [-0.25, -0.2) is 4.79 Å². The molecule has 0 heterocycles. The molecule has 3 aliphatic rings. The van der Waals surface area contributed by atoms with Crippen molar-refractivity contribution < 1.29 is 14.3 Å². The molecule has 3 fully saturated rings. The van der Waals surface area contributed by atoms with Crippen molar-refractivity contribution in [1.82, 2.24) is 5.32 Å². The van der Waals surface area contributed by atoms with E-state index in [0.717, 1.165) is 23.7 Å². The molecule has 6 heteroatoms. The number of urea groups is 1. The van der Waals surface area contributed by atoms with Gasteiger partial charge in [0.15, 0.2) is 0 Å². The Kier molecular flexibility index (Phi) is 4.31. The lowest BCUT2D eigenvalue weighted by Gasteiger charge is -2.13. The number of halogens is 1. The average Bonchev–Trinajstić information content (AvgIpc) is 2.93. The lowest BCUT2D eigenvalue weighted by Crippen LogP contribution is -2.33. The van der Waals surface area contributed by atoms with E-state index in [4.69, 9.17) is 21.1 Å². The number of hydrogen-bond donors (Lipinski definition) is 2. The SMILES string of the molecule is COCCOc1ccc(NC(=O)NC2[C@@H]3[C@H]4CC[C@@H](C4)[C@H]23)cc1Cl. The highest BCUT2D eigenvalue weighted by molar-refractivity contribution is 6.32. The van der Waals surface area contributed by atoms with Crippen LogP contribution in [0.25, 0.3) is 0 Å². The molecule has 1 unspecified atom stereocenters. The fourth-order valence-corrected chi connectivity index (χ4v) is 5.00. The Morgan fingerprint density at radius 3 is 2.67 bits per heavy atom. The quantitative estimate of drug-likeness (QED) is 0.771. The maximum absolute atomic E-state index is 12.2. The van der Waals surface area contributed by atoms with Crippen molar-refractivity contribution in [3.05, 3.63) is 23.2 Å². The third kappa shape index (κ3) is 2.95. The summed E-state index contributed by atoms with van der Waals surface area (Å²) in [6, 6.07) is 5.51. The number of carbonyl (C=O) groups is 1. The Morgan fingerprint density at radius 1 is 1.25 bits per heavy atom. The van der Waals surface area contributed by atoms with Gasteiger partial charge in [-0.2, -0.15) is 0 Å². The average molecular weight is 351 g/mol. The zero-order valence-corrected chi connectivity index (χ0v) is 14.5. The molecule has 5 atom stereocenters. The first-order valence-electron chi connectivity index (χ1n) is 8.66. The largest absolute Gasteiger partial charge is 0.490 e. The number of amides is 2. The lowest BCUT2D eigenvalue weighted by atomic mass is 10.0. The van der Waals surface area contributed by atoms with E-state index in [0.29, 0.717) is 35.7 Å². The Morgan fingerprint density at radius 2 is 2.00 bits per heavy atom. The highest BCUT2D eigenvalue weighted by Gasteiger charge is 2.65. The van der Waals surface area contributed by atoms with Crippen molar-refractivity contribution in [3.8, 4) is 5.75 Å². The monoisotopic (exact) mass is 350 g/mol. The summed E-state index contributed by atoms with van der Waals surface area (Å²) in [5.41, 5.74) is 0.672. The van der Waals surface area contributed by atoms with Crippen LogP contribution in [0.5, 0.6) is 5.75 Å². The molecule has 1 aromatic carbocycles. The number of nitrogens with one attached hydrogen (secondary N) is 2. The standard InChI is InChI=1S/C18H23ClN2O3/c1-23-6-7-24-14-5-4-12(9-13(14)19)20-18(22)21-17-15-10-2-3-11(8-10)16(15)17/h4-5,9-11,15-17H,2-3,6-8H2,1H3,(H2,20,21,22)/t10-,11-,15-,16+,17?/m0/s1. The summed E-state index contributed by atoms with van der Waals surface area (Å²) >= 11 is 6.20. The smallest absolute Gasteiger partial charge is 0.319 e. The molecule has 3 saturated carbocycles. The second-order valence-electron chi connectivity index (χ2n) is 7.10. The minimum Gasteiger partial charge on any atom is -0.490 e. The highest BCUT2D eigenvalue weighted by Crippen LogP contribution is 2.65. The van der Waals surface area contributed by atoms with Gasteiger partial charge in [-0.15, -0.1) is 0 Å². The van der Waals surface area contributed by atoms with Gasteiger partial charge in [0, 0.05) is 18.8 Å². The zero-order valence-electron chi connectivity index (χ0n) is 13.8. The van der Waals surface area contributed by atoms with Crippen LogP contribution in [0.4, 0.5) is 10.5 Å². The first-order valence-corrected chi connectivity index (χ1v) is 9.04. The predicted molar refractivity (Wildman–Crippen MR) is 92.6 cm³/mol. The molecule has 1 aromatic rings. The fourth-order valence-electron chi connectivity index (χ4n) is 4.77. The Hall–Kier alpha value is -1.46. The maximum Gasteiger partial charge on any atom is 0.319 e. The van der Waals surface area contributed by atoms with E-state index in [2.05, 4.69) is 10.6 Å². The Labute approximate surface area is 147 Å². The van der Waals surface area contributed by atoms with Gasteiger partial charge in [-0.1, -0.05) is 11.6 Å². The van der Waals surface area contributed by atoms with Crippen molar-refractivity contribution in [2.45, 2.75) is 25.3 Å². The number of carbonyl (C=O) groups excluding carboxylic acids is 1. The van der Waals surface area contributed by atoms with Gasteiger partial charge in [0.1, 0.15) is 12.4 Å². The number of methoxy groups -OCH3 is 1. The molecule has 0 spiro atoms. The van der Waals surface area contributed by atoms with E-state index in [1.165, 1.54) is 19.3 Å². The van der Waals surface area contributed by atoms with Gasteiger partial charge in [-0.3, -0.25) is 0 Å². The van der Waals surface area contributed by atoms with Crippen LogP contribution in [0.15, 0.2) is 18.2 Å². The van der Waals surface area contributed by atoms with Gasteiger partial charge in [0.05, 0.1) is 11.6 Å². The number of hydrogen-bond acceptors (Lipinski definition) is 3. The van der Waals surface area contributed by atoms with Crippen molar-refractivity contribution in [2.24, 2.45) is 23.7 Å². The van der Waals surface area contributed by atoms with Gasteiger partial charge < -0.3 is 20.1 Å². The zero-order chi connectivity index (χ0) is 16.7. The third-order valence-corrected chi connectivity index (χ3v) is 6.06. The van der Waals surface area contributed by atoms with Crippen LogP contribution < -0.4 is 15.4 Å². The van der Waals surface area contributed by atoms with E-state index < -0.39 is 0 Å². The molecule has 24 heavy (non-hydrogen) atoms. The van der Waals surface area contributed by atoms with Crippen LogP contribution in [-0.2, 0) is 4.74 Å². The maximum atomic E-state index is 12.2. The summed E-state index contributed by atoms with van der Waals surface area (Å²) in [6.45, 7) is 0.945. The molecule has 2 N–H and O–H groups in total. The lowest BCUT2D eigenvalue weighted by molar-refractivity contribution is 0.146. The van der Waals surface area contributed by atoms with Gasteiger partial charge in [-0.05, 0) is 61.1 Å². The number of rotatable bonds is 6. The van der Waals surface area contributed by atoms with Crippen LogP contribution in [0.3, 0.4) is 0 Å². The van der Waals surface area contributed by atoms with Gasteiger partial charge in [0.25, 0.3) is 0 Å². The molecule has 5 nitrogen and oxygen atoms in total. The van der Waals surface area contributed by atoms with Gasteiger partial charge >= 0.3 is 6.03 Å². The number of ether oxygens (including phenoxy) is 2. The van der Waals surface area contributed by atoms with Crippen LogP contribution >= 0.6 is 11.6 Å². The van der Waals surface area contributed by atoms with Gasteiger partial charge in [0.2, 0.25) is 0 Å². The minimum absolute atomic E-state index is 0.141. The van der Waals surface area contributed by atoms with E-state index in [9.17, 15) is 4.79 Å². The summed E-state index contributed by atoms with van der Waals surface area (Å²) in [6.07, 6.45) is 4.09. The second kappa shape index (κ2) is 6.45. The Bertz CT molecular complexity index is 623. The molecule has 2 amide bonds. The first kappa shape index (κ1) is 16.0. The first-order chi connectivity index (χ1) is 11.7. The Balaban J connectivity index is 1.29. The summed E-state index contributed by atoms with van der Waals surface area (Å²) in [5.74, 6) is 3.75. The fraction of sp³-hybridized carbons (Fsp3) is 0.611. The number of fused-ring (bicyclic) bond motifs is 5. The molecule has 0 saturated heterocycles. The summed E-state index contributed by atoms with van der Waals surface area (Å²) < 4.78 is 10.4. The molecule has 4 rings (SSSR count). The molecule has 2 bridgehead atoms. The van der Waals surface area contributed by atoms with Crippen molar-refractivity contribution in [3.63, 3.8) is 0 Å². The summed E-state index contributed by atoms with van der Waals surface area (Å²) in [4.78, 5) is 12.2. The highest BCUT2D eigenvalue weighted by atomic mass is 35.5. The van der Waals surface area contributed by atoms with E-state index >= 15 is 0 Å². The normalized spacial score (nSPS) is 32.3. The topological polar surface area (TPSA) is 59.6 Å². The van der Waals surface area contributed by atoms with Crippen LogP contribution in [0.1, 0.15) is 19.3 Å². The van der Waals surface area contributed by atoms with E-state index in [1.54, 1.807) is 25.3 Å². The predicted octanol–water partition coefficient (Wildman–Crippen LogP) is 3.53. The molecule has 0 aromatic heterocycles. The molecule has 0 radical (unpaired) electrons. The molecule has 0 aliphatic heterocycles. The summed E-state index contributed by atoms with van der Waals surface area (Å²) in [5, 5.41) is 6.49. The number of anilines is 1. The van der Waals surface area contributed by atoms with E-state index in [1.807, 2.05) is 0 Å². The molecule has 3 aliphatic carbocycles. The van der Waals surface area contributed by atoms with Crippen molar-refractivity contribution in [1.29, 1.82) is 0 Å². The summed E-state index contributed by atoms with van der Waals surface area (Å²) in [7, 11) is 1.62. The van der Waals surface area contributed by atoms with Crippen LogP contribution in [0.2, 0.25) is 5.02 Å². The van der Waals surface area contributed by atoms with Crippen molar-refractivity contribution >= 4 is 23.3 Å². The third-order valence-electron chi connectivity index (χ3n) is 5.77. The minimum atomic E-state index is -0.141. The molecular weight excluding hydrogens is 328 g/mol. The molecule has 130 valence electrons. The van der Waals surface area contributed by atoms with Crippen LogP contribution in [-0.4, -0.2) is 32.4 Å². The van der Waals surface area contributed by atoms with Crippen molar-refractivity contribution in [2.75, 3.05) is 25.6 Å². The number of benzene rings is 1. The van der Waals surface area contributed by atoms with E-state index in [-0.39, 0.29) is 6.03 Å².